The van der Waals surface area contributed by atoms with E-state index in [0.29, 0.717) is 18.9 Å². The van der Waals surface area contributed by atoms with Gasteiger partial charge in [-0.3, -0.25) is 4.79 Å². The van der Waals surface area contributed by atoms with Crippen molar-refractivity contribution in [3.05, 3.63) is 0 Å². The molecule has 0 aromatic heterocycles. The topological polar surface area (TPSA) is 57.7 Å². The van der Waals surface area contributed by atoms with Crippen molar-refractivity contribution in [2.75, 3.05) is 25.9 Å². The Bertz CT molecular complexity index is 427. The lowest BCUT2D eigenvalue weighted by atomic mass is 9.97. The van der Waals surface area contributed by atoms with Crippen LogP contribution >= 0.6 is 0 Å². The number of hydrogen-bond donors (Lipinski definition) is 0. The Kier molecular flexibility index (Phi) is 4.50. The Morgan fingerprint density at radius 2 is 1.68 bits per heavy atom. The molecule has 110 valence electrons. The number of hydrogen-bond acceptors (Lipinski definition) is 3. The molecule has 6 heteroatoms. The molecule has 0 saturated carbocycles. The van der Waals surface area contributed by atoms with Crippen LogP contribution in [0.15, 0.2) is 0 Å². The maximum Gasteiger partial charge on any atom is 0.241 e. The largest absolute Gasteiger partial charge is 0.341 e. The lowest BCUT2D eigenvalue weighted by molar-refractivity contribution is -0.137. The Labute approximate surface area is 116 Å². The van der Waals surface area contributed by atoms with Crippen LogP contribution in [0, 0.1) is 5.92 Å². The molecule has 0 N–H and O–H groups in total. The van der Waals surface area contributed by atoms with E-state index in [1.165, 1.54) is 10.6 Å². The molecular formula is C13H24N2O3S. The minimum absolute atomic E-state index is 0.0111. The molecule has 2 heterocycles. The molecule has 0 aliphatic carbocycles. The van der Waals surface area contributed by atoms with Gasteiger partial charge in [0, 0.05) is 19.6 Å². The molecule has 0 aromatic rings. The standard InChI is InChI=1S/C13H24N2O3S/c1-11-6-9-14(10-7-11)13(16)12-5-3-4-8-15(12)19(2,17)18/h11-12H,3-10H2,1-2H3. The number of carbonyl (C=O) groups excluding carboxylic acids is 1. The summed E-state index contributed by atoms with van der Waals surface area (Å²) in [4.78, 5) is 14.4. The van der Waals surface area contributed by atoms with Gasteiger partial charge in [-0.15, -0.1) is 0 Å². The number of rotatable bonds is 2. The van der Waals surface area contributed by atoms with Crippen LogP contribution in [0.5, 0.6) is 0 Å². The molecule has 0 radical (unpaired) electrons. The fourth-order valence-corrected chi connectivity index (χ4v) is 4.11. The van der Waals surface area contributed by atoms with Gasteiger partial charge in [0.05, 0.1) is 6.26 Å². The molecule has 0 aromatic carbocycles. The van der Waals surface area contributed by atoms with Crippen molar-refractivity contribution in [3.8, 4) is 0 Å². The monoisotopic (exact) mass is 288 g/mol. The Morgan fingerprint density at radius 1 is 1.05 bits per heavy atom. The van der Waals surface area contributed by atoms with E-state index in [1.807, 2.05) is 4.90 Å². The Hall–Kier alpha value is -0.620. The number of carbonyl (C=O) groups is 1. The summed E-state index contributed by atoms with van der Waals surface area (Å²) < 4.78 is 25.0. The maximum atomic E-state index is 12.5. The second-order valence-electron chi connectivity index (χ2n) is 5.89. The molecule has 2 rings (SSSR count). The summed E-state index contributed by atoms with van der Waals surface area (Å²) in [6.07, 6.45) is 5.71. The van der Waals surface area contributed by atoms with Crippen molar-refractivity contribution in [2.45, 2.75) is 45.1 Å². The first-order valence-electron chi connectivity index (χ1n) is 7.15. The second kappa shape index (κ2) is 5.79. The summed E-state index contributed by atoms with van der Waals surface area (Å²) in [7, 11) is -3.28. The van der Waals surface area contributed by atoms with Gasteiger partial charge in [-0.25, -0.2) is 8.42 Å². The molecule has 5 nitrogen and oxygen atoms in total. The van der Waals surface area contributed by atoms with Crippen molar-refractivity contribution in [3.63, 3.8) is 0 Å². The van der Waals surface area contributed by atoms with E-state index in [1.54, 1.807) is 0 Å². The van der Waals surface area contributed by atoms with E-state index < -0.39 is 16.1 Å². The Morgan fingerprint density at radius 3 is 2.26 bits per heavy atom. The third-order valence-corrected chi connectivity index (χ3v) is 5.55. The highest BCUT2D eigenvalue weighted by Crippen LogP contribution is 2.24. The normalized spacial score (nSPS) is 27.5. The molecule has 2 saturated heterocycles. The zero-order chi connectivity index (χ0) is 14.0. The van der Waals surface area contributed by atoms with Crippen LogP contribution in [-0.4, -0.2) is 55.5 Å². The lowest BCUT2D eigenvalue weighted by Crippen LogP contribution is -2.54. The van der Waals surface area contributed by atoms with E-state index in [4.69, 9.17) is 0 Å². The third kappa shape index (κ3) is 3.48. The van der Waals surface area contributed by atoms with Crippen LogP contribution in [0.4, 0.5) is 0 Å². The smallest absolute Gasteiger partial charge is 0.241 e. The molecule has 1 atom stereocenters. The van der Waals surface area contributed by atoms with Crippen molar-refractivity contribution >= 4 is 15.9 Å². The number of likely N-dealkylation sites (tertiary alicyclic amines) is 1. The van der Waals surface area contributed by atoms with E-state index in [9.17, 15) is 13.2 Å². The van der Waals surface area contributed by atoms with Gasteiger partial charge >= 0.3 is 0 Å². The van der Waals surface area contributed by atoms with Gasteiger partial charge < -0.3 is 4.90 Å². The summed E-state index contributed by atoms with van der Waals surface area (Å²) in [6, 6.07) is -0.461. The third-order valence-electron chi connectivity index (χ3n) is 4.26. The van der Waals surface area contributed by atoms with Crippen molar-refractivity contribution in [1.82, 2.24) is 9.21 Å². The summed E-state index contributed by atoms with van der Waals surface area (Å²) in [6.45, 7) is 4.23. The van der Waals surface area contributed by atoms with E-state index in [0.717, 1.165) is 38.8 Å². The van der Waals surface area contributed by atoms with Gasteiger partial charge in [-0.05, 0) is 31.6 Å². The highest BCUT2D eigenvalue weighted by molar-refractivity contribution is 7.88. The van der Waals surface area contributed by atoms with Crippen LogP contribution in [0.2, 0.25) is 0 Å². The lowest BCUT2D eigenvalue weighted by Gasteiger charge is -2.38. The summed E-state index contributed by atoms with van der Waals surface area (Å²) >= 11 is 0. The first-order chi connectivity index (χ1) is 8.89. The summed E-state index contributed by atoms with van der Waals surface area (Å²) in [5, 5.41) is 0. The van der Waals surface area contributed by atoms with Crippen molar-refractivity contribution in [1.29, 1.82) is 0 Å². The quantitative estimate of drug-likeness (QED) is 0.763. The molecule has 0 bridgehead atoms. The highest BCUT2D eigenvalue weighted by atomic mass is 32.2. The van der Waals surface area contributed by atoms with Crippen LogP contribution in [0.1, 0.15) is 39.0 Å². The molecule has 1 amide bonds. The van der Waals surface area contributed by atoms with Crippen molar-refractivity contribution < 1.29 is 13.2 Å². The predicted octanol–water partition coefficient (Wildman–Crippen LogP) is 1.06. The van der Waals surface area contributed by atoms with Crippen LogP contribution in [0.25, 0.3) is 0 Å². The fraction of sp³-hybridized carbons (Fsp3) is 0.923. The van der Waals surface area contributed by atoms with E-state index in [2.05, 4.69) is 6.92 Å². The number of sulfonamides is 1. The SMILES string of the molecule is CC1CCN(C(=O)C2CCCCN2S(C)(=O)=O)CC1. The van der Waals surface area contributed by atoms with Crippen LogP contribution in [0.3, 0.4) is 0 Å². The van der Waals surface area contributed by atoms with Gasteiger partial charge in [0.25, 0.3) is 0 Å². The molecular weight excluding hydrogens is 264 g/mol. The van der Waals surface area contributed by atoms with Gasteiger partial charge in [0.2, 0.25) is 15.9 Å². The molecule has 2 fully saturated rings. The maximum absolute atomic E-state index is 12.5. The van der Waals surface area contributed by atoms with Gasteiger partial charge in [-0.1, -0.05) is 13.3 Å². The van der Waals surface area contributed by atoms with Gasteiger partial charge in [0.1, 0.15) is 6.04 Å². The minimum atomic E-state index is -3.28. The zero-order valence-electron chi connectivity index (χ0n) is 11.8. The first-order valence-corrected chi connectivity index (χ1v) is 9.00. The number of nitrogens with zero attached hydrogens (tertiary/aromatic N) is 2. The van der Waals surface area contributed by atoms with E-state index in [-0.39, 0.29) is 5.91 Å². The summed E-state index contributed by atoms with van der Waals surface area (Å²) in [5.41, 5.74) is 0. The molecule has 19 heavy (non-hydrogen) atoms. The van der Waals surface area contributed by atoms with Crippen LogP contribution in [-0.2, 0) is 14.8 Å². The van der Waals surface area contributed by atoms with Crippen molar-refractivity contribution in [2.24, 2.45) is 5.92 Å². The molecule has 2 aliphatic rings. The van der Waals surface area contributed by atoms with Crippen LogP contribution < -0.4 is 0 Å². The molecule has 1 unspecified atom stereocenters. The van der Waals surface area contributed by atoms with Gasteiger partial charge in [-0.2, -0.15) is 4.31 Å². The first kappa shape index (κ1) is 14.8. The number of amides is 1. The zero-order valence-corrected chi connectivity index (χ0v) is 12.7. The van der Waals surface area contributed by atoms with Gasteiger partial charge in [0.15, 0.2) is 0 Å². The average Bonchev–Trinajstić information content (AvgIpc) is 2.38. The summed E-state index contributed by atoms with van der Waals surface area (Å²) in [5.74, 6) is 0.679. The predicted molar refractivity (Wildman–Crippen MR) is 74.2 cm³/mol. The number of piperidine rings is 2. The minimum Gasteiger partial charge on any atom is -0.341 e. The fourth-order valence-electron chi connectivity index (χ4n) is 2.99. The average molecular weight is 288 g/mol. The second-order valence-corrected chi connectivity index (χ2v) is 7.83. The highest BCUT2D eigenvalue weighted by Gasteiger charge is 2.37. The van der Waals surface area contributed by atoms with E-state index >= 15 is 0 Å². The Balaban J connectivity index is 2.07. The molecule has 0 spiro atoms. The molecule has 2 aliphatic heterocycles.